The second kappa shape index (κ2) is 14.2. The second-order valence-electron chi connectivity index (χ2n) is 10.1. The summed E-state index contributed by atoms with van der Waals surface area (Å²) >= 11 is 12.4. The molecule has 0 aromatic heterocycles. The summed E-state index contributed by atoms with van der Waals surface area (Å²) < 4.78 is 29.2. The van der Waals surface area contributed by atoms with E-state index < -0.39 is 28.5 Å². The van der Waals surface area contributed by atoms with Gasteiger partial charge in [0.25, 0.3) is 10.0 Å². The van der Waals surface area contributed by atoms with Crippen molar-refractivity contribution in [1.29, 1.82) is 0 Å². The lowest BCUT2D eigenvalue weighted by Crippen LogP contribution is -2.53. The van der Waals surface area contributed by atoms with E-state index in [2.05, 4.69) is 5.32 Å². The fraction of sp³-hybridized carbons (Fsp3) is 0.355. The highest BCUT2D eigenvalue weighted by Gasteiger charge is 2.34. The van der Waals surface area contributed by atoms with Gasteiger partial charge in [-0.3, -0.25) is 13.9 Å². The van der Waals surface area contributed by atoms with E-state index in [0.717, 1.165) is 21.9 Å². The van der Waals surface area contributed by atoms with E-state index in [1.165, 1.54) is 23.1 Å². The molecule has 3 aromatic rings. The predicted molar refractivity (Wildman–Crippen MR) is 166 cm³/mol. The Kier molecular flexibility index (Phi) is 11.2. The molecular weight excluding hydrogens is 581 g/mol. The number of benzene rings is 3. The number of rotatable bonds is 12. The molecular formula is C31H37Cl2N3O4S. The van der Waals surface area contributed by atoms with Gasteiger partial charge in [-0.1, -0.05) is 72.9 Å². The maximum Gasteiger partial charge on any atom is 0.264 e. The zero-order valence-corrected chi connectivity index (χ0v) is 26.4. The van der Waals surface area contributed by atoms with Crippen LogP contribution in [0.1, 0.15) is 50.3 Å². The average molecular weight is 619 g/mol. The zero-order valence-electron chi connectivity index (χ0n) is 24.0. The molecule has 0 saturated carbocycles. The molecule has 0 aliphatic heterocycles. The number of nitrogens with zero attached hydrogens (tertiary/aromatic N) is 2. The number of amides is 2. The molecule has 0 unspecified atom stereocenters. The van der Waals surface area contributed by atoms with Crippen molar-refractivity contribution in [3.63, 3.8) is 0 Å². The molecule has 0 spiro atoms. The highest BCUT2D eigenvalue weighted by atomic mass is 35.5. The third-order valence-corrected chi connectivity index (χ3v) is 9.24. The maximum absolute atomic E-state index is 14.2. The number of carbonyl (C=O) groups is 2. The minimum absolute atomic E-state index is 0.0427. The quantitative estimate of drug-likeness (QED) is 0.250. The lowest BCUT2D eigenvalue weighted by atomic mass is 10.1. The van der Waals surface area contributed by atoms with E-state index in [0.29, 0.717) is 22.0 Å². The summed E-state index contributed by atoms with van der Waals surface area (Å²) in [5, 5.41) is 3.85. The van der Waals surface area contributed by atoms with Crippen LogP contribution in [0, 0.1) is 13.8 Å². The van der Waals surface area contributed by atoms with Gasteiger partial charge in [-0.15, -0.1) is 0 Å². The Hall–Kier alpha value is -3.07. The minimum Gasteiger partial charge on any atom is -0.352 e. The minimum atomic E-state index is -4.18. The molecule has 220 valence electrons. The summed E-state index contributed by atoms with van der Waals surface area (Å²) in [6.45, 7) is 8.87. The van der Waals surface area contributed by atoms with Crippen LogP contribution < -0.4 is 9.62 Å². The molecule has 0 aliphatic rings. The summed E-state index contributed by atoms with van der Waals surface area (Å²) in [6.07, 6.45) is 1.06. The predicted octanol–water partition coefficient (Wildman–Crippen LogP) is 6.53. The summed E-state index contributed by atoms with van der Waals surface area (Å²) in [5.41, 5.74) is 2.57. The van der Waals surface area contributed by atoms with Crippen LogP contribution in [-0.2, 0) is 26.2 Å². The highest BCUT2D eigenvalue weighted by Crippen LogP contribution is 2.30. The van der Waals surface area contributed by atoms with Crippen molar-refractivity contribution < 1.29 is 18.0 Å². The van der Waals surface area contributed by atoms with E-state index in [9.17, 15) is 18.0 Å². The van der Waals surface area contributed by atoms with Gasteiger partial charge in [0.1, 0.15) is 12.6 Å². The fourth-order valence-electron chi connectivity index (χ4n) is 4.35. The van der Waals surface area contributed by atoms with Crippen LogP contribution in [-0.4, -0.2) is 43.8 Å². The average Bonchev–Trinajstić information content (AvgIpc) is 2.94. The first kappa shape index (κ1) is 32.4. The van der Waals surface area contributed by atoms with Gasteiger partial charge < -0.3 is 10.2 Å². The molecule has 0 bridgehead atoms. The Morgan fingerprint density at radius 2 is 1.49 bits per heavy atom. The Labute approximate surface area is 253 Å². The van der Waals surface area contributed by atoms with Crippen LogP contribution in [0.4, 0.5) is 5.69 Å². The van der Waals surface area contributed by atoms with Crippen molar-refractivity contribution >= 4 is 50.7 Å². The Morgan fingerprint density at radius 3 is 2.07 bits per heavy atom. The maximum atomic E-state index is 14.2. The van der Waals surface area contributed by atoms with Crippen LogP contribution >= 0.6 is 23.2 Å². The van der Waals surface area contributed by atoms with Crippen molar-refractivity contribution in [2.24, 2.45) is 0 Å². The molecule has 3 aromatic carbocycles. The molecule has 0 radical (unpaired) electrons. The Morgan fingerprint density at radius 1 is 0.878 bits per heavy atom. The first-order chi connectivity index (χ1) is 19.4. The summed E-state index contributed by atoms with van der Waals surface area (Å²) in [4.78, 5) is 29.0. The third-order valence-electron chi connectivity index (χ3n) is 6.98. The molecule has 0 saturated heterocycles. The van der Waals surface area contributed by atoms with Gasteiger partial charge in [-0.25, -0.2) is 8.42 Å². The lowest BCUT2D eigenvalue weighted by Gasteiger charge is -2.34. The van der Waals surface area contributed by atoms with Gasteiger partial charge in [0.2, 0.25) is 11.8 Å². The number of hydrogen-bond acceptors (Lipinski definition) is 4. The topological polar surface area (TPSA) is 86.8 Å². The number of aryl methyl sites for hydroxylation is 2. The number of carbonyl (C=O) groups excluding carboxylic acids is 2. The molecule has 0 heterocycles. The molecule has 3 rings (SSSR count). The van der Waals surface area contributed by atoms with Gasteiger partial charge in [0.05, 0.1) is 10.6 Å². The summed E-state index contributed by atoms with van der Waals surface area (Å²) in [7, 11) is -4.18. The summed E-state index contributed by atoms with van der Waals surface area (Å²) in [6, 6.07) is 17.4. The number of nitrogens with one attached hydrogen (secondary N) is 1. The Bertz CT molecular complexity index is 1460. The molecule has 41 heavy (non-hydrogen) atoms. The van der Waals surface area contributed by atoms with Crippen LogP contribution in [0.2, 0.25) is 10.0 Å². The van der Waals surface area contributed by atoms with Crippen molar-refractivity contribution in [1.82, 2.24) is 10.2 Å². The summed E-state index contributed by atoms with van der Waals surface area (Å²) in [5.74, 6) is -0.822. The van der Waals surface area contributed by atoms with Crippen LogP contribution in [0.3, 0.4) is 0 Å². The molecule has 2 atom stereocenters. The van der Waals surface area contributed by atoms with Crippen molar-refractivity contribution in [3.05, 3.63) is 93.5 Å². The fourth-order valence-corrected chi connectivity index (χ4v) is 6.11. The Balaban J connectivity index is 2.10. The first-order valence-electron chi connectivity index (χ1n) is 13.6. The molecule has 1 N–H and O–H groups in total. The van der Waals surface area contributed by atoms with Gasteiger partial charge in [-0.05, 0) is 81.1 Å². The van der Waals surface area contributed by atoms with Gasteiger partial charge in [0, 0.05) is 22.6 Å². The molecule has 2 amide bonds. The zero-order chi connectivity index (χ0) is 30.3. The molecule has 0 fully saturated rings. The lowest BCUT2D eigenvalue weighted by molar-refractivity contribution is -0.140. The van der Waals surface area contributed by atoms with Crippen molar-refractivity contribution in [2.75, 3.05) is 10.8 Å². The first-order valence-corrected chi connectivity index (χ1v) is 15.8. The number of anilines is 1. The van der Waals surface area contributed by atoms with E-state index in [1.54, 1.807) is 55.5 Å². The van der Waals surface area contributed by atoms with E-state index >= 15 is 0 Å². The molecule has 7 nitrogen and oxygen atoms in total. The third kappa shape index (κ3) is 8.24. The van der Waals surface area contributed by atoms with Crippen molar-refractivity contribution in [2.45, 2.75) is 71.0 Å². The molecule has 10 heteroatoms. The second-order valence-corrected chi connectivity index (χ2v) is 12.9. The van der Waals surface area contributed by atoms with Gasteiger partial charge in [0.15, 0.2) is 0 Å². The van der Waals surface area contributed by atoms with Crippen LogP contribution in [0.5, 0.6) is 0 Å². The van der Waals surface area contributed by atoms with Crippen LogP contribution in [0.15, 0.2) is 71.6 Å². The largest absolute Gasteiger partial charge is 0.352 e. The number of sulfonamides is 1. The smallest absolute Gasteiger partial charge is 0.264 e. The normalized spacial score (nSPS) is 12.9. The highest BCUT2D eigenvalue weighted by molar-refractivity contribution is 7.92. The van der Waals surface area contributed by atoms with Crippen molar-refractivity contribution in [3.8, 4) is 0 Å². The SMILES string of the molecule is CC[C@@H](C)NC(=O)[C@H](CC)N(Cc1ccc(Cl)cc1)C(=O)CN(c1cc(Cl)ccc1C)S(=O)(=O)c1ccc(C)cc1. The van der Waals surface area contributed by atoms with Gasteiger partial charge in [-0.2, -0.15) is 0 Å². The van der Waals surface area contributed by atoms with E-state index in [4.69, 9.17) is 23.2 Å². The van der Waals surface area contributed by atoms with E-state index in [-0.39, 0.29) is 29.1 Å². The van der Waals surface area contributed by atoms with Crippen LogP contribution in [0.25, 0.3) is 0 Å². The standard InChI is InChI=1S/C31H37Cl2N3O4S/c1-6-23(5)34-31(38)28(7-2)35(19-24-11-14-25(32)15-12-24)30(37)20-36(29-18-26(33)13-10-22(29)4)41(39,40)27-16-8-21(3)9-17-27/h8-18,23,28H,6-7,19-20H2,1-5H3,(H,34,38)/t23-,28+/m1/s1. The monoisotopic (exact) mass is 617 g/mol. The number of halogens is 2. The van der Waals surface area contributed by atoms with E-state index in [1.807, 2.05) is 27.7 Å². The molecule has 0 aliphatic carbocycles. The number of hydrogen-bond donors (Lipinski definition) is 1. The van der Waals surface area contributed by atoms with Gasteiger partial charge >= 0.3 is 0 Å².